The molecular weight excluding hydrogens is 306 g/mol. The van der Waals surface area contributed by atoms with Crippen molar-refractivity contribution in [3.8, 4) is 0 Å². The minimum Gasteiger partial charge on any atom is -0.325 e. The Labute approximate surface area is 131 Å². The standard InChI is InChI=1S/C14H21N3O4S/c1-10-7-6-8-11(2)13(10)17(22(5,19)20)9-12(3)16-21-14(18)15-4/h6-9,16H,1-5H3,(H,15,18). The molecule has 0 aliphatic heterocycles. The lowest BCUT2D eigenvalue weighted by atomic mass is 10.1. The number of nitrogens with one attached hydrogen (secondary N) is 2. The number of benzene rings is 1. The lowest BCUT2D eigenvalue weighted by molar-refractivity contribution is 0.108. The highest BCUT2D eigenvalue weighted by Crippen LogP contribution is 2.27. The van der Waals surface area contributed by atoms with E-state index < -0.39 is 16.1 Å². The first-order chi connectivity index (χ1) is 10.2. The van der Waals surface area contributed by atoms with Crippen LogP contribution in [0.2, 0.25) is 0 Å². The summed E-state index contributed by atoms with van der Waals surface area (Å²) in [5.41, 5.74) is 4.96. The molecular formula is C14H21N3O4S. The Morgan fingerprint density at radius 1 is 1.27 bits per heavy atom. The highest BCUT2D eigenvalue weighted by molar-refractivity contribution is 7.92. The van der Waals surface area contributed by atoms with Gasteiger partial charge in [-0.25, -0.2) is 23.0 Å². The molecule has 0 spiro atoms. The average Bonchev–Trinajstić information content (AvgIpc) is 2.42. The first-order valence-electron chi connectivity index (χ1n) is 6.55. The summed E-state index contributed by atoms with van der Waals surface area (Å²) in [5, 5.41) is 2.27. The Bertz CT molecular complexity index is 663. The minimum atomic E-state index is -3.54. The number of hydroxylamine groups is 1. The van der Waals surface area contributed by atoms with Gasteiger partial charge in [0.2, 0.25) is 10.0 Å². The summed E-state index contributed by atoms with van der Waals surface area (Å²) in [5.74, 6) is 0. The van der Waals surface area contributed by atoms with Crippen LogP contribution in [0.15, 0.2) is 30.1 Å². The summed E-state index contributed by atoms with van der Waals surface area (Å²) in [6.07, 6.45) is 1.81. The van der Waals surface area contributed by atoms with Gasteiger partial charge in [0, 0.05) is 13.2 Å². The van der Waals surface area contributed by atoms with Crippen LogP contribution in [-0.2, 0) is 14.9 Å². The largest absolute Gasteiger partial charge is 0.431 e. The Hall–Kier alpha value is -2.22. The molecule has 1 rings (SSSR count). The maximum Gasteiger partial charge on any atom is 0.431 e. The fraction of sp³-hybridized carbons (Fsp3) is 0.357. The van der Waals surface area contributed by atoms with Crippen molar-refractivity contribution in [3.63, 3.8) is 0 Å². The van der Waals surface area contributed by atoms with Crippen molar-refractivity contribution in [2.24, 2.45) is 0 Å². The van der Waals surface area contributed by atoms with E-state index in [9.17, 15) is 13.2 Å². The molecule has 1 amide bonds. The number of hydrogen-bond acceptors (Lipinski definition) is 5. The van der Waals surface area contributed by atoms with Gasteiger partial charge in [0.15, 0.2) is 0 Å². The first-order valence-corrected chi connectivity index (χ1v) is 8.40. The molecule has 1 aromatic carbocycles. The number of para-hydroxylation sites is 1. The van der Waals surface area contributed by atoms with Crippen LogP contribution in [0.25, 0.3) is 0 Å². The van der Waals surface area contributed by atoms with Crippen LogP contribution < -0.4 is 15.1 Å². The van der Waals surface area contributed by atoms with Gasteiger partial charge in [-0.05, 0) is 31.9 Å². The molecule has 0 bridgehead atoms. The van der Waals surface area contributed by atoms with E-state index in [1.54, 1.807) is 6.92 Å². The summed E-state index contributed by atoms with van der Waals surface area (Å²) in [4.78, 5) is 15.7. The van der Waals surface area contributed by atoms with E-state index >= 15 is 0 Å². The number of sulfonamides is 1. The summed E-state index contributed by atoms with van der Waals surface area (Å²) >= 11 is 0. The van der Waals surface area contributed by atoms with Gasteiger partial charge in [0.05, 0.1) is 17.6 Å². The Morgan fingerprint density at radius 3 is 2.27 bits per heavy atom. The van der Waals surface area contributed by atoms with Crippen LogP contribution in [-0.4, -0.2) is 27.8 Å². The molecule has 22 heavy (non-hydrogen) atoms. The second kappa shape index (κ2) is 7.17. The fourth-order valence-corrected chi connectivity index (χ4v) is 2.83. The zero-order valence-corrected chi connectivity index (χ0v) is 14.1. The number of carbonyl (C=O) groups is 1. The Morgan fingerprint density at radius 2 is 1.82 bits per heavy atom. The van der Waals surface area contributed by atoms with Crippen molar-refractivity contribution in [1.82, 2.24) is 10.8 Å². The number of nitrogens with zero attached hydrogens (tertiary/aromatic N) is 1. The van der Waals surface area contributed by atoms with Gasteiger partial charge in [0.25, 0.3) is 0 Å². The third-order valence-electron chi connectivity index (χ3n) is 2.84. The van der Waals surface area contributed by atoms with Gasteiger partial charge in [-0.15, -0.1) is 0 Å². The normalized spacial score (nSPS) is 11.8. The second-order valence-corrected chi connectivity index (χ2v) is 6.71. The van der Waals surface area contributed by atoms with Crippen molar-refractivity contribution < 1.29 is 18.0 Å². The number of hydrogen-bond donors (Lipinski definition) is 2. The molecule has 0 saturated carbocycles. The zero-order valence-electron chi connectivity index (χ0n) is 13.3. The molecule has 0 heterocycles. The average molecular weight is 327 g/mol. The summed E-state index contributed by atoms with van der Waals surface area (Å²) in [6, 6.07) is 5.52. The van der Waals surface area contributed by atoms with Gasteiger partial charge in [0.1, 0.15) is 0 Å². The molecule has 0 aromatic heterocycles. The smallest absolute Gasteiger partial charge is 0.325 e. The number of carbonyl (C=O) groups excluding carboxylic acids is 1. The first kappa shape index (κ1) is 17.8. The van der Waals surface area contributed by atoms with Crippen molar-refractivity contribution in [3.05, 3.63) is 41.2 Å². The van der Waals surface area contributed by atoms with Gasteiger partial charge in [-0.3, -0.25) is 0 Å². The van der Waals surface area contributed by atoms with Crippen molar-refractivity contribution >= 4 is 21.8 Å². The van der Waals surface area contributed by atoms with E-state index in [0.717, 1.165) is 21.7 Å². The monoisotopic (exact) mass is 327 g/mol. The lowest BCUT2D eigenvalue weighted by Crippen LogP contribution is -2.30. The van der Waals surface area contributed by atoms with E-state index in [0.29, 0.717) is 11.4 Å². The fourth-order valence-electron chi connectivity index (χ4n) is 1.86. The van der Waals surface area contributed by atoms with Crippen LogP contribution in [0, 0.1) is 13.8 Å². The zero-order chi connectivity index (χ0) is 16.9. The maximum atomic E-state index is 12.1. The summed E-state index contributed by atoms with van der Waals surface area (Å²) in [7, 11) is -2.12. The number of allylic oxidation sites excluding steroid dienone is 1. The Kier molecular flexibility index (Phi) is 5.81. The van der Waals surface area contributed by atoms with Crippen LogP contribution in [0.3, 0.4) is 0 Å². The number of rotatable bonds is 5. The summed E-state index contributed by atoms with van der Waals surface area (Å²) < 4.78 is 25.4. The predicted molar refractivity (Wildman–Crippen MR) is 85.7 cm³/mol. The molecule has 0 fully saturated rings. The quantitative estimate of drug-likeness (QED) is 0.805. The molecule has 0 unspecified atom stereocenters. The third-order valence-corrected chi connectivity index (χ3v) is 3.84. The minimum absolute atomic E-state index is 0.358. The molecule has 2 N–H and O–H groups in total. The van der Waals surface area contributed by atoms with Crippen LogP contribution in [0.4, 0.5) is 10.5 Å². The Balaban J connectivity index is 3.18. The highest BCUT2D eigenvalue weighted by Gasteiger charge is 2.19. The van der Waals surface area contributed by atoms with E-state index in [1.165, 1.54) is 13.2 Å². The van der Waals surface area contributed by atoms with Crippen LogP contribution in [0.5, 0.6) is 0 Å². The van der Waals surface area contributed by atoms with E-state index in [2.05, 4.69) is 15.6 Å². The van der Waals surface area contributed by atoms with Gasteiger partial charge >= 0.3 is 6.09 Å². The maximum absolute atomic E-state index is 12.1. The molecule has 0 radical (unpaired) electrons. The van der Waals surface area contributed by atoms with E-state index in [-0.39, 0.29) is 0 Å². The molecule has 0 atom stereocenters. The van der Waals surface area contributed by atoms with Crippen LogP contribution >= 0.6 is 0 Å². The van der Waals surface area contributed by atoms with Crippen LogP contribution in [0.1, 0.15) is 18.1 Å². The summed E-state index contributed by atoms with van der Waals surface area (Å²) in [6.45, 7) is 5.25. The highest BCUT2D eigenvalue weighted by atomic mass is 32.2. The third kappa shape index (κ3) is 4.66. The molecule has 1 aromatic rings. The molecule has 0 aliphatic rings. The van der Waals surface area contributed by atoms with Crippen molar-refractivity contribution in [2.45, 2.75) is 20.8 Å². The van der Waals surface area contributed by atoms with E-state index in [1.807, 2.05) is 32.0 Å². The van der Waals surface area contributed by atoms with Gasteiger partial charge in [-0.1, -0.05) is 18.2 Å². The molecule has 8 heteroatoms. The molecule has 0 saturated heterocycles. The second-order valence-electron chi connectivity index (χ2n) is 4.85. The topological polar surface area (TPSA) is 87.7 Å². The van der Waals surface area contributed by atoms with Gasteiger partial charge < -0.3 is 10.2 Å². The predicted octanol–water partition coefficient (Wildman–Crippen LogP) is 1.79. The molecule has 122 valence electrons. The number of anilines is 1. The number of amides is 1. The van der Waals surface area contributed by atoms with Gasteiger partial charge in [-0.2, -0.15) is 0 Å². The van der Waals surface area contributed by atoms with Crippen molar-refractivity contribution in [2.75, 3.05) is 17.6 Å². The van der Waals surface area contributed by atoms with Crippen molar-refractivity contribution in [1.29, 1.82) is 0 Å². The molecule has 0 aliphatic carbocycles. The molecule has 7 nitrogen and oxygen atoms in total. The lowest BCUT2D eigenvalue weighted by Gasteiger charge is -2.23. The SMILES string of the molecule is CNC(=O)ONC(C)=CN(c1c(C)cccc1C)S(C)(=O)=O. The van der Waals surface area contributed by atoms with E-state index in [4.69, 9.17) is 0 Å². The number of aryl methyl sites for hydroxylation is 2.